The van der Waals surface area contributed by atoms with Gasteiger partial charge in [0.1, 0.15) is 6.61 Å². The quantitative estimate of drug-likeness (QED) is 0.535. The van der Waals surface area contributed by atoms with Crippen molar-refractivity contribution in [3.8, 4) is 5.75 Å². The van der Waals surface area contributed by atoms with E-state index >= 15 is 0 Å². The van der Waals surface area contributed by atoms with Gasteiger partial charge in [-0.1, -0.05) is 41.3 Å². The molecule has 3 aromatic rings. The molecule has 142 valence electrons. The molecule has 0 saturated carbocycles. The van der Waals surface area contributed by atoms with Gasteiger partial charge in [-0.05, 0) is 49.2 Å². The number of hydrogen-bond donors (Lipinski definition) is 2. The number of halogens is 1. The molecule has 0 radical (unpaired) electrons. The van der Waals surface area contributed by atoms with E-state index in [9.17, 15) is 9.50 Å². The number of aliphatic hydroxyl groups is 1. The van der Waals surface area contributed by atoms with Gasteiger partial charge in [-0.15, -0.1) is 10.2 Å². The second-order valence-electron chi connectivity index (χ2n) is 6.00. The Hall–Kier alpha value is -2.16. The van der Waals surface area contributed by atoms with Gasteiger partial charge in [0.05, 0.1) is 6.10 Å². The minimum absolute atomic E-state index is 0.0144. The molecule has 0 aliphatic heterocycles. The molecule has 1 atom stereocenters. The van der Waals surface area contributed by atoms with E-state index in [1.54, 1.807) is 12.1 Å². The van der Waals surface area contributed by atoms with Gasteiger partial charge < -0.3 is 15.2 Å². The van der Waals surface area contributed by atoms with Gasteiger partial charge in [0, 0.05) is 11.4 Å². The Morgan fingerprint density at radius 3 is 2.78 bits per heavy atom. The highest BCUT2D eigenvalue weighted by Gasteiger charge is 2.11. The lowest BCUT2D eigenvalue weighted by molar-refractivity contribution is 0.123. The molecule has 1 aromatic heterocycles. The minimum atomic E-state index is -0.741. The molecule has 5 nitrogen and oxygen atoms in total. The molecular weight excluding hydrogens is 385 g/mol. The second kappa shape index (κ2) is 9.16. The lowest BCUT2D eigenvalue weighted by Gasteiger charge is -2.11. The number of aliphatic hydroxyl groups excluding tert-OH is 1. The summed E-state index contributed by atoms with van der Waals surface area (Å²) in [6, 6.07) is 12.2. The zero-order chi connectivity index (χ0) is 19.2. The molecule has 0 unspecified atom stereocenters. The lowest BCUT2D eigenvalue weighted by Crippen LogP contribution is -2.20. The number of aromatic nitrogens is 2. The van der Waals surface area contributed by atoms with Crippen LogP contribution >= 0.6 is 23.1 Å². The van der Waals surface area contributed by atoms with Crippen molar-refractivity contribution in [3.63, 3.8) is 0 Å². The second-order valence-corrected chi connectivity index (χ2v) is 8.25. The van der Waals surface area contributed by atoms with Crippen LogP contribution in [-0.4, -0.2) is 33.8 Å². The zero-order valence-corrected chi connectivity index (χ0v) is 16.6. The summed E-state index contributed by atoms with van der Waals surface area (Å²) in [4.78, 5) is 0. The molecule has 0 amide bonds. The highest BCUT2D eigenvalue weighted by atomic mass is 32.2. The average Bonchev–Trinajstić information content (AvgIpc) is 3.10. The van der Waals surface area contributed by atoms with Crippen LogP contribution in [0.2, 0.25) is 0 Å². The fourth-order valence-electron chi connectivity index (χ4n) is 2.22. The summed E-state index contributed by atoms with van der Waals surface area (Å²) in [5.74, 6) is 0.0769. The molecule has 1 heterocycles. The number of thioether (sulfide) groups is 1. The minimum Gasteiger partial charge on any atom is -0.488 e. The highest BCUT2D eigenvalue weighted by Crippen LogP contribution is 2.28. The number of anilines is 2. The fraction of sp³-hybridized carbons (Fsp3) is 0.263. The van der Waals surface area contributed by atoms with Gasteiger partial charge in [-0.2, -0.15) is 0 Å². The van der Waals surface area contributed by atoms with Crippen LogP contribution in [0.1, 0.15) is 11.1 Å². The van der Waals surface area contributed by atoms with Crippen molar-refractivity contribution < 1.29 is 14.2 Å². The number of para-hydroxylation sites is 1. The molecule has 0 fully saturated rings. The first-order valence-corrected chi connectivity index (χ1v) is 10.2. The number of benzene rings is 2. The molecule has 27 heavy (non-hydrogen) atoms. The molecule has 0 saturated heterocycles. The Bertz CT molecular complexity index is 904. The fourth-order valence-corrected chi connectivity index (χ4v) is 3.93. The number of aryl methyl sites for hydroxylation is 2. The molecule has 0 spiro atoms. The van der Waals surface area contributed by atoms with E-state index in [2.05, 4.69) is 41.5 Å². The summed E-state index contributed by atoms with van der Waals surface area (Å²) in [5.41, 5.74) is 3.40. The molecule has 0 aliphatic rings. The standard InChI is InChI=1S/C19H20FN3O2S2/c1-12-7-8-14(9-13(12)2)21-18-22-23-19(27-18)26-11-15(24)10-25-17-6-4-3-5-16(17)20/h3-9,15,24H,10-11H2,1-2H3,(H,21,22)/t15-/m1/s1. The van der Waals surface area contributed by atoms with E-state index in [0.29, 0.717) is 10.9 Å². The molecule has 3 rings (SSSR count). The maximum atomic E-state index is 13.5. The van der Waals surface area contributed by atoms with Gasteiger partial charge in [0.2, 0.25) is 5.13 Å². The molecular formula is C19H20FN3O2S2. The predicted octanol–water partition coefficient (Wildman–Crippen LogP) is 4.57. The van der Waals surface area contributed by atoms with E-state index < -0.39 is 11.9 Å². The molecule has 0 aliphatic carbocycles. The zero-order valence-electron chi connectivity index (χ0n) is 15.0. The van der Waals surface area contributed by atoms with E-state index in [1.165, 1.54) is 46.4 Å². The largest absolute Gasteiger partial charge is 0.488 e. The Balaban J connectivity index is 1.47. The number of nitrogens with zero attached hydrogens (tertiary/aromatic N) is 2. The van der Waals surface area contributed by atoms with Crippen LogP contribution < -0.4 is 10.1 Å². The van der Waals surface area contributed by atoms with Crippen molar-refractivity contribution in [1.29, 1.82) is 0 Å². The van der Waals surface area contributed by atoms with Gasteiger partial charge in [0.15, 0.2) is 15.9 Å². The number of rotatable bonds is 8. The summed E-state index contributed by atoms with van der Waals surface area (Å²) in [6.07, 6.45) is -0.741. The monoisotopic (exact) mass is 405 g/mol. The average molecular weight is 406 g/mol. The molecule has 2 aromatic carbocycles. The van der Waals surface area contributed by atoms with Gasteiger partial charge >= 0.3 is 0 Å². The number of hydrogen-bond acceptors (Lipinski definition) is 7. The lowest BCUT2D eigenvalue weighted by atomic mass is 10.1. The summed E-state index contributed by atoms with van der Waals surface area (Å²) >= 11 is 2.80. The normalized spacial score (nSPS) is 12.0. The summed E-state index contributed by atoms with van der Waals surface area (Å²) < 4.78 is 19.5. The van der Waals surface area contributed by atoms with E-state index in [4.69, 9.17) is 4.74 Å². The van der Waals surface area contributed by atoms with E-state index in [0.717, 1.165) is 10.0 Å². The van der Waals surface area contributed by atoms with Crippen LogP contribution in [0.25, 0.3) is 0 Å². The van der Waals surface area contributed by atoms with Gasteiger partial charge in [0.25, 0.3) is 0 Å². The van der Waals surface area contributed by atoms with E-state index in [1.807, 2.05) is 6.07 Å². The van der Waals surface area contributed by atoms with Crippen LogP contribution in [0.5, 0.6) is 5.75 Å². The summed E-state index contributed by atoms with van der Waals surface area (Å²) in [6.45, 7) is 4.15. The van der Waals surface area contributed by atoms with Crippen LogP contribution in [0.3, 0.4) is 0 Å². The van der Waals surface area contributed by atoms with Crippen LogP contribution in [0.15, 0.2) is 46.8 Å². The third kappa shape index (κ3) is 5.66. The predicted molar refractivity (Wildman–Crippen MR) is 108 cm³/mol. The summed E-state index contributed by atoms with van der Waals surface area (Å²) in [5, 5.41) is 22.2. The van der Waals surface area contributed by atoms with Crippen LogP contribution in [-0.2, 0) is 0 Å². The first-order valence-electron chi connectivity index (χ1n) is 8.37. The smallest absolute Gasteiger partial charge is 0.210 e. The molecule has 0 bridgehead atoms. The molecule has 2 N–H and O–H groups in total. The maximum absolute atomic E-state index is 13.5. The third-order valence-corrected chi connectivity index (χ3v) is 5.95. The van der Waals surface area contributed by atoms with Crippen LogP contribution in [0.4, 0.5) is 15.2 Å². The van der Waals surface area contributed by atoms with Crippen LogP contribution in [0, 0.1) is 19.7 Å². The Morgan fingerprint density at radius 2 is 2.00 bits per heavy atom. The van der Waals surface area contributed by atoms with Crippen molar-refractivity contribution in [3.05, 3.63) is 59.4 Å². The van der Waals surface area contributed by atoms with Crippen molar-refractivity contribution in [1.82, 2.24) is 10.2 Å². The number of nitrogens with one attached hydrogen (secondary N) is 1. The van der Waals surface area contributed by atoms with Crippen molar-refractivity contribution in [2.75, 3.05) is 17.7 Å². The van der Waals surface area contributed by atoms with Crippen molar-refractivity contribution in [2.45, 2.75) is 24.3 Å². The summed E-state index contributed by atoms with van der Waals surface area (Å²) in [7, 11) is 0. The van der Waals surface area contributed by atoms with Gasteiger partial charge in [-0.3, -0.25) is 0 Å². The number of ether oxygens (including phenoxy) is 1. The van der Waals surface area contributed by atoms with Crippen molar-refractivity contribution >= 4 is 33.9 Å². The SMILES string of the molecule is Cc1ccc(Nc2nnc(SC[C@H](O)COc3ccccc3F)s2)cc1C. The highest BCUT2D eigenvalue weighted by molar-refractivity contribution is 8.01. The maximum Gasteiger partial charge on any atom is 0.210 e. The van der Waals surface area contributed by atoms with E-state index in [-0.39, 0.29) is 12.4 Å². The topological polar surface area (TPSA) is 67.3 Å². The Kier molecular flexibility index (Phi) is 6.65. The van der Waals surface area contributed by atoms with Crippen molar-refractivity contribution in [2.24, 2.45) is 0 Å². The first-order chi connectivity index (χ1) is 13.0. The van der Waals surface area contributed by atoms with Gasteiger partial charge in [-0.25, -0.2) is 4.39 Å². The Labute approximate surface area is 165 Å². The third-order valence-electron chi connectivity index (χ3n) is 3.83. The first kappa shape index (κ1) is 19.6. The Morgan fingerprint density at radius 1 is 1.19 bits per heavy atom. The molecule has 8 heteroatoms.